The molecule has 7 nitrogen and oxygen atoms in total. The Morgan fingerprint density at radius 1 is 1.47 bits per heavy atom. The summed E-state index contributed by atoms with van der Waals surface area (Å²) >= 11 is 0. The molecule has 0 aliphatic carbocycles. The van der Waals surface area contributed by atoms with E-state index in [1.54, 1.807) is 17.2 Å². The van der Waals surface area contributed by atoms with Crippen molar-refractivity contribution in [2.75, 3.05) is 36.6 Å². The number of aromatic nitrogens is 2. The summed E-state index contributed by atoms with van der Waals surface area (Å²) in [4.78, 5) is 10.1. The molecular weight excluding hydrogens is 242 g/mol. The van der Waals surface area contributed by atoms with E-state index in [1.807, 2.05) is 14.1 Å². The lowest BCUT2D eigenvalue weighted by atomic mass is 10.4. The zero-order valence-corrected chi connectivity index (χ0v) is 10.7. The molecule has 0 aromatic carbocycles. The maximum atomic E-state index is 10.7. The van der Waals surface area contributed by atoms with Crippen molar-refractivity contribution in [1.82, 2.24) is 9.97 Å². The highest BCUT2D eigenvalue weighted by atomic mass is 32.2. The van der Waals surface area contributed by atoms with Gasteiger partial charge in [0.1, 0.15) is 5.82 Å². The summed E-state index contributed by atoms with van der Waals surface area (Å²) in [6.07, 6.45) is 2.09. The molecule has 3 N–H and O–H groups in total. The second-order valence-corrected chi connectivity index (χ2v) is 5.52. The Labute approximate surface area is 101 Å². The Morgan fingerprint density at radius 2 is 2.18 bits per heavy atom. The zero-order valence-electron chi connectivity index (χ0n) is 9.92. The molecule has 1 aromatic rings. The van der Waals surface area contributed by atoms with Crippen LogP contribution in [0.25, 0.3) is 0 Å². The number of nitrogens with one attached hydrogen (secondary N) is 1. The Bertz CT molecular complexity index is 460. The first kappa shape index (κ1) is 13.7. The van der Waals surface area contributed by atoms with Crippen LogP contribution in [0.15, 0.2) is 12.3 Å². The zero-order chi connectivity index (χ0) is 12.9. The predicted molar refractivity (Wildman–Crippen MR) is 67.4 cm³/mol. The molecule has 0 fully saturated rings. The van der Waals surface area contributed by atoms with E-state index in [-0.39, 0.29) is 5.75 Å². The van der Waals surface area contributed by atoms with E-state index in [9.17, 15) is 8.42 Å². The van der Waals surface area contributed by atoms with Crippen molar-refractivity contribution in [3.8, 4) is 0 Å². The van der Waals surface area contributed by atoms with Gasteiger partial charge in [0.15, 0.2) is 0 Å². The van der Waals surface area contributed by atoms with Gasteiger partial charge in [0.25, 0.3) is 0 Å². The van der Waals surface area contributed by atoms with Crippen LogP contribution in [-0.2, 0) is 10.0 Å². The monoisotopic (exact) mass is 259 g/mol. The first-order valence-corrected chi connectivity index (χ1v) is 6.85. The summed E-state index contributed by atoms with van der Waals surface area (Å²) in [5, 5.41) is 7.91. The van der Waals surface area contributed by atoms with E-state index in [4.69, 9.17) is 5.14 Å². The van der Waals surface area contributed by atoms with Crippen molar-refractivity contribution in [1.29, 1.82) is 0 Å². The number of hydrogen-bond acceptors (Lipinski definition) is 6. The maximum absolute atomic E-state index is 10.7. The Hall–Kier alpha value is -1.41. The van der Waals surface area contributed by atoms with Crippen molar-refractivity contribution in [2.24, 2.45) is 5.14 Å². The van der Waals surface area contributed by atoms with Crippen molar-refractivity contribution < 1.29 is 8.42 Å². The van der Waals surface area contributed by atoms with Gasteiger partial charge in [-0.3, -0.25) is 0 Å². The first-order chi connectivity index (χ1) is 7.88. The molecule has 96 valence electrons. The molecule has 0 radical (unpaired) electrons. The molecular formula is C9H17N5O2S. The lowest BCUT2D eigenvalue weighted by Crippen LogP contribution is -2.19. The summed E-state index contributed by atoms with van der Waals surface area (Å²) in [7, 11) is 0.314. The molecule has 0 unspecified atom stereocenters. The quantitative estimate of drug-likeness (QED) is 0.676. The normalized spacial score (nSPS) is 11.2. The van der Waals surface area contributed by atoms with Gasteiger partial charge in [-0.2, -0.15) is 4.98 Å². The molecule has 1 aromatic heterocycles. The number of anilines is 2. The van der Waals surface area contributed by atoms with Crippen LogP contribution in [0.4, 0.5) is 11.8 Å². The van der Waals surface area contributed by atoms with Crippen LogP contribution >= 0.6 is 0 Å². The number of nitrogens with two attached hydrogens (primary N) is 1. The highest BCUT2D eigenvalue weighted by Gasteiger charge is 2.03. The highest BCUT2D eigenvalue weighted by Crippen LogP contribution is 2.07. The molecule has 0 aliphatic rings. The van der Waals surface area contributed by atoms with Crippen molar-refractivity contribution >= 4 is 21.8 Å². The molecule has 8 heteroatoms. The van der Waals surface area contributed by atoms with Crippen LogP contribution in [0, 0.1) is 0 Å². The smallest absolute Gasteiger partial charge is 0.226 e. The third-order valence-corrected chi connectivity index (χ3v) is 2.81. The third kappa shape index (κ3) is 5.45. The van der Waals surface area contributed by atoms with Crippen LogP contribution in [0.3, 0.4) is 0 Å². The van der Waals surface area contributed by atoms with Gasteiger partial charge in [-0.1, -0.05) is 0 Å². The van der Waals surface area contributed by atoms with Gasteiger partial charge >= 0.3 is 0 Å². The van der Waals surface area contributed by atoms with Gasteiger partial charge in [0, 0.05) is 26.8 Å². The molecule has 0 amide bonds. The lowest BCUT2D eigenvalue weighted by molar-refractivity contribution is 0.595. The first-order valence-electron chi connectivity index (χ1n) is 5.13. The second-order valence-electron chi connectivity index (χ2n) is 3.78. The van der Waals surface area contributed by atoms with Gasteiger partial charge in [0.05, 0.1) is 5.75 Å². The largest absolute Gasteiger partial charge is 0.370 e. The lowest BCUT2D eigenvalue weighted by Gasteiger charge is -2.11. The number of rotatable bonds is 6. The molecule has 17 heavy (non-hydrogen) atoms. The van der Waals surface area contributed by atoms with Gasteiger partial charge in [-0.25, -0.2) is 18.5 Å². The van der Waals surface area contributed by atoms with E-state index in [0.717, 1.165) is 0 Å². The third-order valence-electron chi connectivity index (χ3n) is 1.95. The van der Waals surface area contributed by atoms with Crippen LogP contribution < -0.4 is 15.4 Å². The topological polar surface area (TPSA) is 101 Å². The minimum atomic E-state index is -3.38. The van der Waals surface area contributed by atoms with E-state index >= 15 is 0 Å². The van der Waals surface area contributed by atoms with Gasteiger partial charge < -0.3 is 10.2 Å². The van der Waals surface area contributed by atoms with E-state index in [2.05, 4.69) is 15.3 Å². The fourth-order valence-corrected chi connectivity index (χ4v) is 1.70. The molecule has 1 heterocycles. The SMILES string of the molecule is CN(C)c1nccc(NCCCS(N)(=O)=O)n1. The molecule has 0 saturated carbocycles. The summed E-state index contributed by atoms with van der Waals surface area (Å²) in [5.74, 6) is 1.23. The standard InChI is InChI=1S/C9H17N5O2S/c1-14(2)9-12-6-4-8(13-9)11-5-3-7-17(10,15)16/h4,6H,3,5,7H2,1-2H3,(H2,10,15,16)(H,11,12,13). The average Bonchev–Trinajstić information content (AvgIpc) is 2.23. The Kier molecular flexibility index (Phi) is 4.64. The number of hydrogen-bond donors (Lipinski definition) is 2. The van der Waals surface area contributed by atoms with Crippen LogP contribution in [0.2, 0.25) is 0 Å². The number of nitrogens with zero attached hydrogens (tertiary/aromatic N) is 3. The fourth-order valence-electron chi connectivity index (χ4n) is 1.15. The molecule has 1 rings (SSSR count). The number of sulfonamides is 1. The van der Waals surface area contributed by atoms with Gasteiger partial charge in [-0.05, 0) is 12.5 Å². The maximum Gasteiger partial charge on any atom is 0.226 e. The van der Waals surface area contributed by atoms with Crippen molar-refractivity contribution in [2.45, 2.75) is 6.42 Å². The number of primary sulfonamides is 1. The summed E-state index contributed by atoms with van der Waals surface area (Å²) in [6, 6.07) is 1.73. The van der Waals surface area contributed by atoms with Gasteiger partial charge in [-0.15, -0.1) is 0 Å². The predicted octanol–water partition coefficient (Wildman–Crippen LogP) is -0.367. The minimum absolute atomic E-state index is 0.0361. The van der Waals surface area contributed by atoms with Crippen molar-refractivity contribution in [3.63, 3.8) is 0 Å². The van der Waals surface area contributed by atoms with Gasteiger partial charge in [0.2, 0.25) is 16.0 Å². The van der Waals surface area contributed by atoms with Crippen LogP contribution in [0.5, 0.6) is 0 Å². The van der Waals surface area contributed by atoms with Crippen LogP contribution in [-0.4, -0.2) is 44.8 Å². The van der Waals surface area contributed by atoms with Crippen LogP contribution in [0.1, 0.15) is 6.42 Å². The summed E-state index contributed by atoms with van der Waals surface area (Å²) in [6.45, 7) is 0.500. The van der Waals surface area contributed by atoms with E-state index < -0.39 is 10.0 Å². The average molecular weight is 259 g/mol. The molecule has 0 spiro atoms. The molecule has 0 bridgehead atoms. The second kappa shape index (κ2) is 5.78. The summed E-state index contributed by atoms with van der Waals surface area (Å²) < 4.78 is 21.4. The molecule has 0 aliphatic heterocycles. The Balaban J connectivity index is 2.44. The summed E-state index contributed by atoms with van der Waals surface area (Å²) in [5.41, 5.74) is 0. The fraction of sp³-hybridized carbons (Fsp3) is 0.556. The molecule has 0 saturated heterocycles. The highest BCUT2D eigenvalue weighted by molar-refractivity contribution is 7.89. The van der Waals surface area contributed by atoms with E-state index in [1.165, 1.54) is 0 Å². The Morgan fingerprint density at radius 3 is 2.76 bits per heavy atom. The van der Waals surface area contributed by atoms with E-state index in [0.29, 0.717) is 24.7 Å². The minimum Gasteiger partial charge on any atom is -0.370 e. The van der Waals surface area contributed by atoms with Crippen molar-refractivity contribution in [3.05, 3.63) is 12.3 Å². The molecule has 0 atom stereocenters.